The van der Waals surface area contributed by atoms with Gasteiger partial charge in [-0.2, -0.15) is 5.26 Å². The molecule has 2 fully saturated rings. The van der Waals surface area contributed by atoms with Gasteiger partial charge >= 0.3 is 0 Å². The molecule has 4 nitrogen and oxygen atoms in total. The maximum atomic E-state index is 12.1. The molecule has 1 saturated heterocycles. The van der Waals surface area contributed by atoms with Gasteiger partial charge in [0.1, 0.15) is 0 Å². The van der Waals surface area contributed by atoms with Crippen LogP contribution in [0.3, 0.4) is 0 Å². The highest BCUT2D eigenvalue weighted by atomic mass is 16.1. The van der Waals surface area contributed by atoms with E-state index in [9.17, 15) is 4.79 Å². The van der Waals surface area contributed by atoms with Gasteiger partial charge in [0.25, 0.3) is 0 Å². The number of piperidine rings is 1. The highest BCUT2D eigenvalue weighted by Gasteiger charge is 2.23. The topological polar surface area (TPSA) is 56.1 Å². The number of nitrogens with zero attached hydrogens (tertiary/aromatic N) is 2. The van der Waals surface area contributed by atoms with Crippen LogP contribution in [0.1, 0.15) is 58.3 Å². The molecule has 0 aromatic heterocycles. The third-order valence-electron chi connectivity index (χ3n) is 5.55. The maximum absolute atomic E-state index is 12.1. The fourth-order valence-electron chi connectivity index (χ4n) is 3.94. The second-order valence-corrected chi connectivity index (χ2v) is 7.26. The molecule has 1 N–H and O–H groups in total. The summed E-state index contributed by atoms with van der Waals surface area (Å²) in [6, 6.07) is 2.21. The van der Waals surface area contributed by atoms with Gasteiger partial charge in [-0.3, -0.25) is 9.69 Å². The number of hydrogen-bond acceptors (Lipinski definition) is 3. The smallest absolute Gasteiger partial charge is 0.220 e. The molecule has 2 rings (SSSR count). The van der Waals surface area contributed by atoms with Gasteiger partial charge in [-0.25, -0.2) is 0 Å². The van der Waals surface area contributed by atoms with Crippen molar-refractivity contribution in [1.29, 1.82) is 5.26 Å². The van der Waals surface area contributed by atoms with Gasteiger partial charge in [-0.05, 0) is 43.7 Å². The minimum Gasteiger partial charge on any atom is -0.356 e. The Morgan fingerprint density at radius 3 is 2.55 bits per heavy atom. The van der Waals surface area contributed by atoms with E-state index in [-0.39, 0.29) is 5.91 Å². The number of nitrogens with one attached hydrogen (secondary N) is 1. The fraction of sp³-hybridized carbons (Fsp3) is 0.889. The molecule has 1 amide bonds. The summed E-state index contributed by atoms with van der Waals surface area (Å²) in [5.74, 6) is 2.10. The number of nitriles is 1. The standard InChI is InChI=1S/C18H31N3O/c1-15(17-5-3-2-4-6-17)13-18(22)20-14-16-7-10-21(11-8-16)12-9-19/h15-17H,2-8,10-14H2,1H3,(H,20,22)/t15-/m1/s1. The summed E-state index contributed by atoms with van der Waals surface area (Å²) in [5, 5.41) is 11.8. The van der Waals surface area contributed by atoms with Crippen LogP contribution in [0.5, 0.6) is 0 Å². The largest absolute Gasteiger partial charge is 0.356 e. The number of carbonyl (C=O) groups excluding carboxylic acids is 1. The lowest BCUT2D eigenvalue weighted by atomic mass is 9.79. The Bertz CT molecular complexity index is 376. The molecule has 0 unspecified atom stereocenters. The summed E-state index contributed by atoms with van der Waals surface area (Å²) in [6.07, 6.45) is 9.57. The van der Waals surface area contributed by atoms with Crippen molar-refractivity contribution in [3.8, 4) is 6.07 Å². The summed E-state index contributed by atoms with van der Waals surface area (Å²) >= 11 is 0. The number of rotatable bonds is 6. The highest BCUT2D eigenvalue weighted by molar-refractivity contribution is 5.76. The van der Waals surface area contributed by atoms with Gasteiger partial charge < -0.3 is 5.32 Å². The predicted octanol–water partition coefficient (Wildman–Crippen LogP) is 2.94. The van der Waals surface area contributed by atoms with Crippen molar-refractivity contribution in [3.63, 3.8) is 0 Å². The molecule has 0 aromatic carbocycles. The summed E-state index contributed by atoms with van der Waals surface area (Å²) < 4.78 is 0. The van der Waals surface area contributed by atoms with Crippen molar-refractivity contribution in [2.24, 2.45) is 17.8 Å². The molecule has 0 aromatic rings. The van der Waals surface area contributed by atoms with Gasteiger partial charge in [-0.1, -0.05) is 39.0 Å². The van der Waals surface area contributed by atoms with Crippen molar-refractivity contribution in [1.82, 2.24) is 10.2 Å². The fourth-order valence-corrected chi connectivity index (χ4v) is 3.94. The van der Waals surface area contributed by atoms with Crippen LogP contribution in [0.25, 0.3) is 0 Å². The number of carbonyl (C=O) groups is 1. The molecular formula is C18H31N3O. The molecule has 0 radical (unpaired) electrons. The van der Waals surface area contributed by atoms with Gasteiger partial charge in [-0.15, -0.1) is 0 Å². The average Bonchev–Trinajstić information content (AvgIpc) is 2.55. The molecule has 22 heavy (non-hydrogen) atoms. The van der Waals surface area contributed by atoms with Crippen LogP contribution in [-0.2, 0) is 4.79 Å². The van der Waals surface area contributed by atoms with Gasteiger partial charge in [0.15, 0.2) is 0 Å². The van der Waals surface area contributed by atoms with Gasteiger partial charge in [0.2, 0.25) is 5.91 Å². The Labute approximate surface area is 135 Å². The van der Waals surface area contributed by atoms with Crippen LogP contribution < -0.4 is 5.32 Å². The minimum absolute atomic E-state index is 0.234. The Balaban J connectivity index is 1.60. The monoisotopic (exact) mass is 305 g/mol. The molecule has 124 valence electrons. The molecule has 2 aliphatic rings. The van der Waals surface area contributed by atoms with Crippen LogP contribution in [0.2, 0.25) is 0 Å². The lowest BCUT2D eigenvalue weighted by Gasteiger charge is -2.30. The maximum Gasteiger partial charge on any atom is 0.220 e. The summed E-state index contributed by atoms with van der Waals surface area (Å²) in [4.78, 5) is 14.3. The first-order valence-electron chi connectivity index (χ1n) is 9.05. The highest BCUT2D eigenvalue weighted by Crippen LogP contribution is 2.31. The first-order valence-corrected chi connectivity index (χ1v) is 9.05. The van der Waals surface area contributed by atoms with Crippen LogP contribution in [0, 0.1) is 29.1 Å². The lowest BCUT2D eigenvalue weighted by molar-refractivity contribution is -0.122. The zero-order valence-electron chi connectivity index (χ0n) is 14.0. The van der Waals surface area contributed by atoms with Crippen LogP contribution in [0.4, 0.5) is 0 Å². The van der Waals surface area contributed by atoms with E-state index in [0.717, 1.165) is 38.4 Å². The number of likely N-dealkylation sites (tertiary alicyclic amines) is 1. The van der Waals surface area contributed by atoms with Crippen molar-refractivity contribution in [2.45, 2.75) is 58.3 Å². The Morgan fingerprint density at radius 1 is 1.23 bits per heavy atom. The summed E-state index contributed by atoms with van der Waals surface area (Å²) in [5.41, 5.74) is 0. The van der Waals surface area contributed by atoms with E-state index in [1.54, 1.807) is 0 Å². The van der Waals surface area contributed by atoms with E-state index < -0.39 is 0 Å². The van der Waals surface area contributed by atoms with Crippen molar-refractivity contribution < 1.29 is 4.79 Å². The van der Waals surface area contributed by atoms with Gasteiger partial charge in [0, 0.05) is 13.0 Å². The molecule has 1 aliphatic carbocycles. The molecule has 1 aliphatic heterocycles. The van der Waals surface area contributed by atoms with E-state index in [2.05, 4.69) is 23.2 Å². The first-order chi connectivity index (χ1) is 10.7. The van der Waals surface area contributed by atoms with Crippen molar-refractivity contribution in [2.75, 3.05) is 26.2 Å². The SMILES string of the molecule is C[C@H](CC(=O)NCC1CCN(CC#N)CC1)C1CCCCC1. The second-order valence-electron chi connectivity index (χ2n) is 7.26. The van der Waals surface area contributed by atoms with E-state index in [1.807, 2.05) is 0 Å². The summed E-state index contributed by atoms with van der Waals surface area (Å²) in [6.45, 7) is 5.59. The molecule has 0 bridgehead atoms. The third-order valence-corrected chi connectivity index (χ3v) is 5.55. The average molecular weight is 305 g/mol. The minimum atomic E-state index is 0.234. The van der Waals surface area contributed by atoms with Crippen molar-refractivity contribution >= 4 is 5.91 Å². The van der Waals surface area contributed by atoms with Crippen LogP contribution in [0.15, 0.2) is 0 Å². The third kappa shape index (κ3) is 5.61. The van der Waals surface area contributed by atoms with Crippen LogP contribution >= 0.6 is 0 Å². The Kier molecular flexibility index (Phi) is 7.18. The molecule has 4 heteroatoms. The van der Waals surface area contributed by atoms with Crippen molar-refractivity contribution in [3.05, 3.63) is 0 Å². The van der Waals surface area contributed by atoms with E-state index >= 15 is 0 Å². The lowest BCUT2D eigenvalue weighted by Crippen LogP contribution is -2.39. The Hall–Kier alpha value is -1.08. The van der Waals surface area contributed by atoms with Gasteiger partial charge in [0.05, 0.1) is 12.6 Å². The summed E-state index contributed by atoms with van der Waals surface area (Å²) in [7, 11) is 0. The normalized spacial score (nSPS) is 22.9. The first kappa shape index (κ1) is 17.3. The van der Waals surface area contributed by atoms with E-state index in [0.29, 0.717) is 24.8 Å². The van der Waals surface area contributed by atoms with E-state index in [1.165, 1.54) is 32.1 Å². The van der Waals surface area contributed by atoms with Crippen LogP contribution in [-0.4, -0.2) is 37.0 Å². The molecule has 1 saturated carbocycles. The molecule has 1 atom stereocenters. The number of amides is 1. The van der Waals surface area contributed by atoms with E-state index in [4.69, 9.17) is 5.26 Å². The quantitative estimate of drug-likeness (QED) is 0.768. The zero-order valence-corrected chi connectivity index (χ0v) is 14.0. The second kappa shape index (κ2) is 9.15. The molecular weight excluding hydrogens is 274 g/mol. The zero-order chi connectivity index (χ0) is 15.8. The molecule has 0 spiro atoms. The Morgan fingerprint density at radius 2 is 1.91 bits per heavy atom. The predicted molar refractivity (Wildman–Crippen MR) is 88.1 cm³/mol. The number of hydrogen-bond donors (Lipinski definition) is 1. The molecule has 1 heterocycles.